The van der Waals surface area contributed by atoms with E-state index in [1.54, 1.807) is 13.8 Å². The van der Waals surface area contributed by atoms with Gasteiger partial charge < -0.3 is 14.3 Å². The summed E-state index contributed by atoms with van der Waals surface area (Å²) in [4.78, 5) is 35.5. The van der Waals surface area contributed by atoms with Crippen LogP contribution in [0, 0.1) is 11.3 Å². The normalized spacial score (nSPS) is 16.6. The van der Waals surface area contributed by atoms with Crippen molar-refractivity contribution < 1.29 is 23.9 Å². The number of rotatable bonds is 7. The van der Waals surface area contributed by atoms with Crippen molar-refractivity contribution in [3.63, 3.8) is 0 Å². The summed E-state index contributed by atoms with van der Waals surface area (Å²) < 4.78 is 9.97. The summed E-state index contributed by atoms with van der Waals surface area (Å²) in [5.41, 5.74) is -0.593. The summed E-state index contributed by atoms with van der Waals surface area (Å²) in [7, 11) is 0. The number of hydrogen-bond acceptors (Lipinski definition) is 5. The molecule has 0 atom stereocenters. The number of esters is 2. The highest BCUT2D eigenvalue weighted by Crippen LogP contribution is 2.51. The summed E-state index contributed by atoms with van der Waals surface area (Å²) in [6.45, 7) is 5.29. The van der Waals surface area contributed by atoms with E-state index >= 15 is 0 Å². The van der Waals surface area contributed by atoms with Gasteiger partial charge >= 0.3 is 11.9 Å². The van der Waals surface area contributed by atoms with Crippen LogP contribution in [0.5, 0.6) is 0 Å². The monoisotopic (exact) mass is 270 g/mol. The third-order valence-electron chi connectivity index (χ3n) is 3.61. The fourth-order valence-corrected chi connectivity index (χ4v) is 2.74. The van der Waals surface area contributed by atoms with Gasteiger partial charge in [0.25, 0.3) is 0 Å². The lowest BCUT2D eigenvalue weighted by atomic mass is 9.58. The van der Waals surface area contributed by atoms with Crippen LogP contribution < -0.4 is 0 Å². The molecule has 0 bridgehead atoms. The second kappa shape index (κ2) is 6.68. The molecule has 5 heteroatoms. The molecule has 1 aliphatic carbocycles. The van der Waals surface area contributed by atoms with Crippen LogP contribution in [0.4, 0.5) is 0 Å². The van der Waals surface area contributed by atoms with Gasteiger partial charge in [0.2, 0.25) is 0 Å². The molecule has 0 amide bonds. The third-order valence-corrected chi connectivity index (χ3v) is 3.61. The van der Waals surface area contributed by atoms with Crippen LogP contribution in [0.2, 0.25) is 0 Å². The van der Waals surface area contributed by atoms with Crippen LogP contribution in [-0.2, 0) is 23.9 Å². The highest BCUT2D eigenvalue weighted by molar-refractivity contribution is 5.97. The van der Waals surface area contributed by atoms with E-state index in [0.717, 1.165) is 6.42 Å². The maximum atomic E-state index is 12.0. The van der Waals surface area contributed by atoms with Crippen LogP contribution in [-0.4, -0.2) is 30.9 Å². The van der Waals surface area contributed by atoms with Crippen LogP contribution in [0.15, 0.2) is 0 Å². The Morgan fingerprint density at radius 3 is 1.79 bits per heavy atom. The SMILES string of the molecule is CCOC(=O)C(C(=O)OCC)C1(CC(C)=O)CCC1. The van der Waals surface area contributed by atoms with Crippen molar-refractivity contribution in [2.75, 3.05) is 13.2 Å². The van der Waals surface area contributed by atoms with E-state index in [4.69, 9.17) is 9.47 Å². The Labute approximate surface area is 113 Å². The van der Waals surface area contributed by atoms with Gasteiger partial charge in [0.15, 0.2) is 5.92 Å². The van der Waals surface area contributed by atoms with E-state index in [9.17, 15) is 14.4 Å². The second-order valence-electron chi connectivity index (χ2n) is 5.03. The van der Waals surface area contributed by atoms with Gasteiger partial charge in [-0.1, -0.05) is 6.42 Å². The Morgan fingerprint density at radius 2 is 1.53 bits per heavy atom. The molecule has 0 aliphatic heterocycles. The highest BCUT2D eigenvalue weighted by atomic mass is 16.6. The topological polar surface area (TPSA) is 69.7 Å². The average Bonchev–Trinajstić information content (AvgIpc) is 2.26. The first-order valence-corrected chi connectivity index (χ1v) is 6.79. The zero-order valence-electron chi connectivity index (χ0n) is 11.9. The Hall–Kier alpha value is -1.39. The molecule has 0 radical (unpaired) electrons. The number of carbonyl (C=O) groups is 3. The summed E-state index contributed by atoms with van der Waals surface area (Å²) in [5.74, 6) is -2.12. The zero-order chi connectivity index (χ0) is 14.5. The largest absolute Gasteiger partial charge is 0.465 e. The summed E-state index contributed by atoms with van der Waals surface area (Å²) in [5, 5.41) is 0. The van der Waals surface area contributed by atoms with Crippen molar-refractivity contribution in [3.05, 3.63) is 0 Å². The molecule has 1 saturated carbocycles. The molecule has 108 valence electrons. The first-order valence-electron chi connectivity index (χ1n) is 6.79. The molecule has 0 unspecified atom stereocenters. The molecule has 1 rings (SSSR count). The summed E-state index contributed by atoms with van der Waals surface area (Å²) >= 11 is 0. The lowest BCUT2D eigenvalue weighted by molar-refractivity contribution is -0.173. The zero-order valence-corrected chi connectivity index (χ0v) is 11.9. The van der Waals surface area contributed by atoms with E-state index < -0.39 is 23.3 Å². The minimum atomic E-state index is -0.968. The standard InChI is InChI=1S/C14H22O5/c1-4-18-12(16)11(13(17)19-5-2)14(7-6-8-14)9-10(3)15/h11H,4-9H2,1-3H3. The molecule has 0 heterocycles. The van der Waals surface area contributed by atoms with Crippen LogP contribution in [0.25, 0.3) is 0 Å². The van der Waals surface area contributed by atoms with Gasteiger partial charge in [0.1, 0.15) is 5.78 Å². The Kier molecular flexibility index (Phi) is 5.51. The molecule has 0 saturated heterocycles. The van der Waals surface area contributed by atoms with E-state index in [1.807, 2.05) is 0 Å². The maximum Gasteiger partial charge on any atom is 0.320 e. The predicted molar refractivity (Wildman–Crippen MR) is 68.3 cm³/mol. The molecule has 19 heavy (non-hydrogen) atoms. The number of hydrogen-bond donors (Lipinski definition) is 0. The van der Waals surface area contributed by atoms with Gasteiger partial charge in [-0.05, 0) is 33.6 Å². The van der Waals surface area contributed by atoms with Crippen molar-refractivity contribution in [2.24, 2.45) is 11.3 Å². The maximum absolute atomic E-state index is 12.0. The minimum absolute atomic E-state index is 0.0155. The minimum Gasteiger partial charge on any atom is -0.465 e. The Morgan fingerprint density at radius 1 is 1.05 bits per heavy atom. The van der Waals surface area contributed by atoms with E-state index in [-0.39, 0.29) is 25.4 Å². The van der Waals surface area contributed by atoms with Crippen molar-refractivity contribution in [2.45, 2.75) is 46.5 Å². The number of Topliss-reactive ketones (excluding diaryl/α,β-unsaturated/α-hetero) is 1. The molecule has 1 fully saturated rings. The fraction of sp³-hybridized carbons (Fsp3) is 0.786. The molecular weight excluding hydrogens is 248 g/mol. The fourth-order valence-electron chi connectivity index (χ4n) is 2.74. The lowest BCUT2D eigenvalue weighted by Gasteiger charge is -2.44. The highest BCUT2D eigenvalue weighted by Gasteiger charge is 2.53. The first-order chi connectivity index (χ1) is 8.96. The summed E-state index contributed by atoms with van der Waals surface area (Å²) in [6.07, 6.45) is 2.53. The lowest BCUT2D eigenvalue weighted by Crippen LogP contribution is -2.48. The van der Waals surface area contributed by atoms with E-state index in [0.29, 0.717) is 12.8 Å². The second-order valence-corrected chi connectivity index (χ2v) is 5.03. The quantitative estimate of drug-likeness (QED) is 0.522. The van der Waals surface area contributed by atoms with Crippen LogP contribution in [0.3, 0.4) is 0 Å². The van der Waals surface area contributed by atoms with Crippen LogP contribution >= 0.6 is 0 Å². The Bertz CT molecular complexity index is 339. The number of ether oxygens (including phenoxy) is 2. The Balaban J connectivity index is 2.96. The average molecular weight is 270 g/mol. The number of carbonyl (C=O) groups excluding carboxylic acids is 3. The molecule has 0 aromatic rings. The molecule has 0 N–H and O–H groups in total. The van der Waals surface area contributed by atoms with Gasteiger partial charge in [-0.25, -0.2) is 0 Å². The third kappa shape index (κ3) is 3.55. The van der Waals surface area contributed by atoms with Gasteiger partial charge in [-0.15, -0.1) is 0 Å². The van der Waals surface area contributed by atoms with Crippen molar-refractivity contribution in [1.29, 1.82) is 0 Å². The van der Waals surface area contributed by atoms with Gasteiger partial charge in [0, 0.05) is 11.8 Å². The van der Waals surface area contributed by atoms with Crippen molar-refractivity contribution in [3.8, 4) is 0 Å². The molecule has 5 nitrogen and oxygen atoms in total. The molecular formula is C14H22O5. The van der Waals surface area contributed by atoms with E-state index in [2.05, 4.69) is 0 Å². The van der Waals surface area contributed by atoms with Gasteiger partial charge in [-0.2, -0.15) is 0 Å². The van der Waals surface area contributed by atoms with Gasteiger partial charge in [-0.3, -0.25) is 9.59 Å². The smallest absolute Gasteiger partial charge is 0.320 e. The van der Waals surface area contributed by atoms with Crippen molar-refractivity contribution >= 4 is 17.7 Å². The van der Waals surface area contributed by atoms with Crippen LogP contribution in [0.1, 0.15) is 46.5 Å². The molecule has 1 aliphatic rings. The van der Waals surface area contributed by atoms with Crippen molar-refractivity contribution in [1.82, 2.24) is 0 Å². The predicted octanol–water partition coefficient (Wildman–Crippen LogP) is 1.88. The number of ketones is 1. The molecule has 0 spiro atoms. The first kappa shape index (κ1) is 15.7. The summed E-state index contributed by atoms with van der Waals surface area (Å²) in [6, 6.07) is 0. The van der Waals surface area contributed by atoms with Gasteiger partial charge in [0.05, 0.1) is 13.2 Å². The molecule has 0 aromatic carbocycles. The van der Waals surface area contributed by atoms with E-state index in [1.165, 1.54) is 6.92 Å². The molecule has 0 aromatic heterocycles.